The standard InChI is InChI=1S/C20H22FN3O3S/c21-18-2-1-3-19-17(18)7-5-15-4-6-16(24(26)27)14-20(15)28(19)23-10-8-22(9-11-23)12-13-25/h1-2,4-7,14,25H,3,8-13H2. The van der Waals surface area contributed by atoms with Gasteiger partial charge in [-0.05, 0) is 24.1 Å². The van der Waals surface area contributed by atoms with Gasteiger partial charge in [-0.3, -0.25) is 15.0 Å². The van der Waals surface area contributed by atoms with Crippen molar-refractivity contribution in [1.29, 1.82) is 0 Å². The summed E-state index contributed by atoms with van der Waals surface area (Å²) in [4.78, 5) is 15.1. The molecule has 8 heteroatoms. The number of β-amino-alcohol motifs (C(OH)–C–C–N with tert-alkyl or cyclic N) is 1. The fourth-order valence-electron chi connectivity index (χ4n) is 3.78. The Morgan fingerprint density at radius 3 is 2.68 bits per heavy atom. The number of fused-ring (bicyclic) bond motifs is 2. The number of non-ortho nitro benzene ring substituents is 1. The van der Waals surface area contributed by atoms with E-state index in [0.29, 0.717) is 18.5 Å². The van der Waals surface area contributed by atoms with Gasteiger partial charge in [0.25, 0.3) is 5.69 Å². The van der Waals surface area contributed by atoms with E-state index in [1.807, 2.05) is 12.2 Å². The molecule has 1 aliphatic carbocycles. The number of piperazine rings is 1. The molecule has 0 spiro atoms. The van der Waals surface area contributed by atoms with Crippen molar-refractivity contribution >= 4 is 27.3 Å². The quantitative estimate of drug-likeness (QED) is 0.475. The molecule has 0 saturated carbocycles. The van der Waals surface area contributed by atoms with E-state index in [1.165, 1.54) is 12.1 Å². The minimum Gasteiger partial charge on any atom is -0.395 e. The van der Waals surface area contributed by atoms with Crippen LogP contribution in [0.2, 0.25) is 0 Å². The average molecular weight is 403 g/mol. The Hall–Kier alpha value is -2.13. The van der Waals surface area contributed by atoms with Gasteiger partial charge in [-0.15, -0.1) is 0 Å². The number of hydrogen-bond donors (Lipinski definition) is 1. The summed E-state index contributed by atoms with van der Waals surface area (Å²) in [5.41, 5.74) is 1.56. The third-order valence-electron chi connectivity index (χ3n) is 5.21. The van der Waals surface area contributed by atoms with Gasteiger partial charge >= 0.3 is 0 Å². The van der Waals surface area contributed by atoms with Crippen molar-refractivity contribution in [3.8, 4) is 0 Å². The zero-order valence-corrected chi connectivity index (χ0v) is 16.2. The van der Waals surface area contributed by atoms with Crippen molar-refractivity contribution in [2.75, 3.05) is 39.3 Å². The number of benzene rings is 1. The Balaban J connectivity index is 1.82. The second-order valence-electron chi connectivity index (χ2n) is 6.88. The van der Waals surface area contributed by atoms with Crippen LogP contribution in [0, 0.1) is 10.1 Å². The smallest absolute Gasteiger partial charge is 0.270 e. The number of nitro groups is 1. The second-order valence-corrected chi connectivity index (χ2v) is 8.90. The lowest BCUT2D eigenvalue weighted by Gasteiger charge is -2.37. The Morgan fingerprint density at radius 1 is 1.18 bits per heavy atom. The summed E-state index contributed by atoms with van der Waals surface area (Å²) in [6.07, 6.45) is 7.62. The number of allylic oxidation sites excluding steroid dienone is 5. The fraction of sp³-hybridized carbons (Fsp3) is 0.350. The predicted molar refractivity (Wildman–Crippen MR) is 110 cm³/mol. The summed E-state index contributed by atoms with van der Waals surface area (Å²) >= 11 is 0. The summed E-state index contributed by atoms with van der Waals surface area (Å²) in [6.45, 7) is 3.94. The van der Waals surface area contributed by atoms with Crippen molar-refractivity contribution in [2.45, 2.75) is 11.3 Å². The van der Waals surface area contributed by atoms with Crippen LogP contribution >= 0.6 is 10.7 Å². The van der Waals surface area contributed by atoms with Crippen LogP contribution < -0.4 is 0 Å². The van der Waals surface area contributed by atoms with Gasteiger partial charge in [-0.1, -0.05) is 28.9 Å². The van der Waals surface area contributed by atoms with Crippen LogP contribution in [0.5, 0.6) is 0 Å². The first-order valence-electron chi connectivity index (χ1n) is 9.30. The summed E-state index contributed by atoms with van der Waals surface area (Å²) in [7, 11) is -0.562. The molecule has 0 radical (unpaired) electrons. The molecule has 2 aliphatic heterocycles. The minimum atomic E-state index is -0.562. The number of nitro benzene ring substituents is 1. The number of halogens is 1. The molecule has 148 valence electrons. The highest BCUT2D eigenvalue weighted by molar-refractivity contribution is 8.14. The maximum atomic E-state index is 14.6. The number of aliphatic hydroxyl groups excluding tert-OH is 1. The molecule has 1 aromatic rings. The van der Waals surface area contributed by atoms with Crippen LogP contribution in [0.4, 0.5) is 10.1 Å². The molecule has 6 nitrogen and oxygen atoms in total. The van der Waals surface area contributed by atoms with Gasteiger partial charge in [-0.25, -0.2) is 8.70 Å². The van der Waals surface area contributed by atoms with Crippen LogP contribution in [0.15, 0.2) is 52.7 Å². The first-order chi connectivity index (χ1) is 13.6. The molecule has 0 amide bonds. The van der Waals surface area contributed by atoms with Crippen LogP contribution in [0.1, 0.15) is 12.0 Å². The molecule has 1 unspecified atom stereocenters. The molecule has 0 bridgehead atoms. The van der Waals surface area contributed by atoms with E-state index >= 15 is 0 Å². The Labute approximate surface area is 165 Å². The van der Waals surface area contributed by atoms with Gasteiger partial charge in [0.2, 0.25) is 0 Å². The summed E-state index contributed by atoms with van der Waals surface area (Å²) in [6, 6.07) is 4.91. The van der Waals surface area contributed by atoms with Gasteiger partial charge in [0, 0.05) is 60.2 Å². The molecule has 1 fully saturated rings. The number of nitrogens with zero attached hydrogens (tertiary/aromatic N) is 3. The second kappa shape index (κ2) is 8.08. The zero-order valence-electron chi connectivity index (χ0n) is 15.4. The molecular weight excluding hydrogens is 381 g/mol. The lowest BCUT2D eigenvalue weighted by Crippen LogP contribution is -2.45. The Morgan fingerprint density at radius 2 is 1.96 bits per heavy atom. The number of rotatable bonds is 4. The van der Waals surface area contributed by atoms with Gasteiger partial charge < -0.3 is 5.11 Å². The highest BCUT2D eigenvalue weighted by atomic mass is 32.2. The summed E-state index contributed by atoms with van der Waals surface area (Å²) in [5, 5.41) is 20.5. The largest absolute Gasteiger partial charge is 0.395 e. The molecule has 3 aliphatic rings. The highest BCUT2D eigenvalue weighted by Crippen LogP contribution is 2.44. The molecule has 2 heterocycles. The van der Waals surface area contributed by atoms with Crippen LogP contribution in [0.25, 0.3) is 6.08 Å². The van der Waals surface area contributed by atoms with E-state index < -0.39 is 10.7 Å². The predicted octanol–water partition coefficient (Wildman–Crippen LogP) is 3.13. The van der Waals surface area contributed by atoms with E-state index in [0.717, 1.165) is 41.5 Å². The summed E-state index contributed by atoms with van der Waals surface area (Å²) in [5.74, 6) is -0.253. The first-order valence-corrected chi connectivity index (χ1v) is 10.5. The van der Waals surface area contributed by atoms with Crippen LogP contribution in [0.3, 0.4) is 0 Å². The van der Waals surface area contributed by atoms with Crippen LogP contribution in [-0.4, -0.2) is 63.4 Å². The molecule has 0 aromatic heterocycles. The van der Waals surface area contributed by atoms with E-state index in [9.17, 15) is 19.6 Å². The topological polar surface area (TPSA) is 69.9 Å². The van der Waals surface area contributed by atoms with E-state index in [4.69, 9.17) is 0 Å². The SMILES string of the molecule is O=[N+]([O-])c1ccc2c(c1)S(N1CCN(CCO)CC1)=C1CC=CC(F)=C1C=C2. The van der Waals surface area contributed by atoms with Gasteiger partial charge in [-0.2, -0.15) is 0 Å². The maximum absolute atomic E-state index is 14.6. The normalized spacial score (nSPS) is 22.8. The Bertz CT molecular complexity index is 931. The number of hydrogen-bond acceptors (Lipinski definition) is 5. The van der Waals surface area contributed by atoms with Gasteiger partial charge in [0.05, 0.1) is 11.5 Å². The maximum Gasteiger partial charge on any atom is 0.270 e. The van der Waals surface area contributed by atoms with Crippen molar-refractivity contribution in [3.05, 3.63) is 63.5 Å². The highest BCUT2D eigenvalue weighted by Gasteiger charge is 2.28. The van der Waals surface area contributed by atoms with Crippen LogP contribution in [-0.2, 0) is 0 Å². The minimum absolute atomic E-state index is 0.0587. The van der Waals surface area contributed by atoms with Gasteiger partial charge in [0.1, 0.15) is 5.83 Å². The van der Waals surface area contributed by atoms with Crippen molar-refractivity contribution in [1.82, 2.24) is 9.21 Å². The van der Waals surface area contributed by atoms with Crippen molar-refractivity contribution in [2.24, 2.45) is 0 Å². The molecule has 28 heavy (non-hydrogen) atoms. The molecule has 1 atom stereocenters. The molecule has 1 N–H and O–H groups in total. The molecule has 1 saturated heterocycles. The van der Waals surface area contributed by atoms with E-state index in [-0.39, 0.29) is 23.0 Å². The molecule has 1 aromatic carbocycles. The number of aliphatic hydroxyl groups is 1. The Kier molecular flexibility index (Phi) is 5.54. The lowest BCUT2D eigenvalue weighted by atomic mass is 10.0. The monoisotopic (exact) mass is 403 g/mol. The van der Waals surface area contributed by atoms with E-state index in [1.54, 1.807) is 18.2 Å². The third-order valence-corrected chi connectivity index (χ3v) is 7.72. The zero-order chi connectivity index (χ0) is 19.7. The average Bonchev–Trinajstić information content (AvgIpc) is 2.86. The van der Waals surface area contributed by atoms with Gasteiger partial charge in [0.15, 0.2) is 0 Å². The third kappa shape index (κ3) is 3.60. The van der Waals surface area contributed by atoms with E-state index in [2.05, 4.69) is 9.21 Å². The lowest BCUT2D eigenvalue weighted by molar-refractivity contribution is -0.385. The van der Waals surface area contributed by atoms with Crippen molar-refractivity contribution in [3.63, 3.8) is 0 Å². The molecular formula is C20H22FN3O3S. The molecule has 4 rings (SSSR count). The first kappa shape index (κ1) is 19.2. The summed E-state index contributed by atoms with van der Waals surface area (Å²) < 4.78 is 16.9. The van der Waals surface area contributed by atoms with Crippen molar-refractivity contribution < 1.29 is 14.4 Å². The fourth-order valence-corrected chi connectivity index (χ4v) is 6.38.